The van der Waals surface area contributed by atoms with Crippen molar-refractivity contribution in [3.8, 4) is 0 Å². The number of rotatable bonds is 4. The van der Waals surface area contributed by atoms with Gasteiger partial charge in [0.1, 0.15) is 6.04 Å². The number of anilines is 1. The second-order valence-corrected chi connectivity index (χ2v) is 6.31. The second-order valence-electron chi connectivity index (χ2n) is 4.54. The fraction of sp³-hybridized carbons (Fsp3) is 0.385. The summed E-state index contributed by atoms with van der Waals surface area (Å²) >= 11 is 6.73. The topological polar surface area (TPSA) is 58.2 Å². The molecule has 6 heteroatoms. The van der Waals surface area contributed by atoms with Crippen molar-refractivity contribution in [2.75, 3.05) is 5.32 Å². The molecule has 0 aliphatic rings. The summed E-state index contributed by atoms with van der Waals surface area (Å²) in [6.07, 6.45) is 0. The number of hydrogen-bond acceptors (Lipinski definition) is 2. The quantitative estimate of drug-likeness (QED) is 0.827. The molecule has 104 valence electrons. The summed E-state index contributed by atoms with van der Waals surface area (Å²) in [5.41, 5.74) is 0.671. The van der Waals surface area contributed by atoms with Gasteiger partial charge in [-0.3, -0.25) is 9.59 Å². The van der Waals surface area contributed by atoms with Crippen molar-refractivity contribution in [2.45, 2.75) is 26.8 Å². The molecule has 0 spiro atoms. The van der Waals surface area contributed by atoms with Crippen molar-refractivity contribution in [2.24, 2.45) is 5.92 Å². The summed E-state index contributed by atoms with van der Waals surface area (Å²) in [5, 5.41) is 5.46. The van der Waals surface area contributed by atoms with E-state index in [0.29, 0.717) is 5.69 Å². The highest BCUT2D eigenvalue weighted by molar-refractivity contribution is 9.11. The number of amides is 2. The van der Waals surface area contributed by atoms with Gasteiger partial charge >= 0.3 is 0 Å². The zero-order chi connectivity index (χ0) is 14.6. The van der Waals surface area contributed by atoms with Crippen LogP contribution < -0.4 is 10.6 Å². The molecule has 4 nitrogen and oxygen atoms in total. The standard InChI is InChI=1S/C13H16Br2N2O2/c1-7(2)12(16-8(3)18)13(19)17-11-5-4-9(14)6-10(11)15/h4-7,12H,1-3H3,(H,16,18)(H,17,19). The second kappa shape index (κ2) is 7.05. The van der Waals surface area contributed by atoms with E-state index < -0.39 is 6.04 Å². The molecule has 1 aromatic carbocycles. The van der Waals surface area contributed by atoms with Crippen LogP contribution in [0, 0.1) is 5.92 Å². The molecule has 0 aliphatic carbocycles. The zero-order valence-corrected chi connectivity index (χ0v) is 14.1. The Labute approximate surface area is 129 Å². The molecule has 19 heavy (non-hydrogen) atoms. The molecule has 0 bridgehead atoms. The van der Waals surface area contributed by atoms with Gasteiger partial charge in [0.15, 0.2) is 0 Å². The molecule has 2 N–H and O–H groups in total. The molecule has 0 saturated carbocycles. The van der Waals surface area contributed by atoms with E-state index >= 15 is 0 Å². The average molecular weight is 392 g/mol. The van der Waals surface area contributed by atoms with Gasteiger partial charge in [0.25, 0.3) is 0 Å². The maximum Gasteiger partial charge on any atom is 0.247 e. The summed E-state index contributed by atoms with van der Waals surface area (Å²) in [5.74, 6) is -0.435. The largest absolute Gasteiger partial charge is 0.344 e. The predicted molar refractivity (Wildman–Crippen MR) is 82.9 cm³/mol. The Morgan fingerprint density at radius 1 is 1.21 bits per heavy atom. The summed E-state index contributed by atoms with van der Waals surface area (Å²) < 4.78 is 1.69. The zero-order valence-electron chi connectivity index (χ0n) is 11.0. The molecule has 1 aromatic rings. The lowest BCUT2D eigenvalue weighted by molar-refractivity contribution is -0.126. The maximum atomic E-state index is 12.2. The van der Waals surface area contributed by atoms with Crippen LogP contribution in [-0.2, 0) is 9.59 Å². The van der Waals surface area contributed by atoms with Crippen molar-refractivity contribution in [3.63, 3.8) is 0 Å². The first kappa shape index (κ1) is 16.2. The van der Waals surface area contributed by atoms with E-state index in [9.17, 15) is 9.59 Å². The van der Waals surface area contributed by atoms with E-state index in [0.717, 1.165) is 8.95 Å². The molecule has 2 amide bonds. The Morgan fingerprint density at radius 2 is 1.84 bits per heavy atom. The summed E-state index contributed by atoms with van der Waals surface area (Å²) in [7, 11) is 0. The Hall–Kier alpha value is -0.880. The minimum absolute atomic E-state index is 0.0122. The number of nitrogens with one attached hydrogen (secondary N) is 2. The van der Waals surface area contributed by atoms with Crippen LogP contribution in [0.15, 0.2) is 27.1 Å². The van der Waals surface area contributed by atoms with Crippen LogP contribution in [0.2, 0.25) is 0 Å². The van der Waals surface area contributed by atoms with Gasteiger partial charge in [-0.1, -0.05) is 29.8 Å². The maximum absolute atomic E-state index is 12.2. The van der Waals surface area contributed by atoms with Crippen molar-refractivity contribution >= 4 is 49.4 Å². The van der Waals surface area contributed by atoms with Crippen molar-refractivity contribution in [1.29, 1.82) is 0 Å². The van der Waals surface area contributed by atoms with Crippen LogP contribution in [0.25, 0.3) is 0 Å². The molecule has 0 aliphatic heterocycles. The van der Waals surface area contributed by atoms with Crippen LogP contribution in [0.3, 0.4) is 0 Å². The van der Waals surface area contributed by atoms with Gasteiger partial charge < -0.3 is 10.6 Å². The molecule has 1 unspecified atom stereocenters. The number of halogens is 2. The highest BCUT2D eigenvalue weighted by Gasteiger charge is 2.23. The number of carbonyl (C=O) groups excluding carboxylic acids is 2. The average Bonchev–Trinajstić information content (AvgIpc) is 2.29. The summed E-state index contributed by atoms with van der Waals surface area (Å²) in [6.45, 7) is 5.17. The van der Waals surface area contributed by atoms with E-state index in [1.807, 2.05) is 26.0 Å². The highest BCUT2D eigenvalue weighted by atomic mass is 79.9. The van der Waals surface area contributed by atoms with Gasteiger partial charge in [-0.25, -0.2) is 0 Å². The molecule has 0 aromatic heterocycles. The minimum Gasteiger partial charge on any atom is -0.344 e. The Balaban J connectivity index is 2.84. The first-order valence-electron chi connectivity index (χ1n) is 5.84. The fourth-order valence-electron chi connectivity index (χ4n) is 1.56. The van der Waals surface area contributed by atoms with E-state index in [2.05, 4.69) is 42.5 Å². The first-order valence-corrected chi connectivity index (χ1v) is 7.43. The number of benzene rings is 1. The number of hydrogen-bond donors (Lipinski definition) is 2. The van der Waals surface area contributed by atoms with Crippen molar-refractivity contribution in [1.82, 2.24) is 5.32 Å². The predicted octanol–water partition coefficient (Wildman–Crippen LogP) is 3.31. The first-order chi connectivity index (χ1) is 8.81. The summed E-state index contributed by atoms with van der Waals surface area (Å²) in [4.78, 5) is 23.3. The SMILES string of the molecule is CC(=O)NC(C(=O)Nc1ccc(Br)cc1Br)C(C)C. The normalized spacial score (nSPS) is 12.1. The Morgan fingerprint density at radius 3 is 2.32 bits per heavy atom. The third-order valence-corrected chi connectivity index (χ3v) is 3.65. The van der Waals surface area contributed by atoms with E-state index in [4.69, 9.17) is 0 Å². The van der Waals surface area contributed by atoms with E-state index in [1.165, 1.54) is 6.92 Å². The lowest BCUT2D eigenvalue weighted by Gasteiger charge is -2.21. The fourth-order valence-corrected chi connectivity index (χ4v) is 2.70. The Bertz CT molecular complexity index is 490. The number of carbonyl (C=O) groups is 2. The Kier molecular flexibility index (Phi) is 6.00. The minimum atomic E-state index is -0.548. The van der Waals surface area contributed by atoms with Gasteiger partial charge in [-0.15, -0.1) is 0 Å². The molecule has 1 rings (SSSR count). The van der Waals surface area contributed by atoms with Gasteiger partial charge in [0, 0.05) is 15.9 Å². The molecule has 0 radical (unpaired) electrons. The smallest absolute Gasteiger partial charge is 0.247 e. The van der Waals surface area contributed by atoms with Crippen LogP contribution in [0.1, 0.15) is 20.8 Å². The van der Waals surface area contributed by atoms with Gasteiger partial charge in [-0.05, 0) is 40.0 Å². The van der Waals surface area contributed by atoms with Gasteiger partial charge in [-0.2, -0.15) is 0 Å². The van der Waals surface area contributed by atoms with Gasteiger partial charge in [0.05, 0.1) is 5.69 Å². The highest BCUT2D eigenvalue weighted by Crippen LogP contribution is 2.26. The van der Waals surface area contributed by atoms with Crippen molar-refractivity contribution in [3.05, 3.63) is 27.1 Å². The van der Waals surface area contributed by atoms with Crippen molar-refractivity contribution < 1.29 is 9.59 Å². The van der Waals surface area contributed by atoms with E-state index in [-0.39, 0.29) is 17.7 Å². The summed E-state index contributed by atoms with van der Waals surface area (Å²) in [6, 6.07) is 4.92. The molecule has 1 atom stereocenters. The van der Waals surface area contributed by atoms with E-state index in [1.54, 1.807) is 6.07 Å². The van der Waals surface area contributed by atoms with Crippen LogP contribution in [-0.4, -0.2) is 17.9 Å². The van der Waals surface area contributed by atoms with Gasteiger partial charge in [0.2, 0.25) is 11.8 Å². The van der Waals surface area contributed by atoms with Crippen LogP contribution >= 0.6 is 31.9 Å². The van der Waals surface area contributed by atoms with Crippen LogP contribution in [0.5, 0.6) is 0 Å². The van der Waals surface area contributed by atoms with Crippen LogP contribution in [0.4, 0.5) is 5.69 Å². The monoisotopic (exact) mass is 390 g/mol. The molecule has 0 fully saturated rings. The molecule has 0 heterocycles. The molecular formula is C13H16Br2N2O2. The lowest BCUT2D eigenvalue weighted by Crippen LogP contribution is -2.46. The lowest BCUT2D eigenvalue weighted by atomic mass is 10.0. The molecular weight excluding hydrogens is 376 g/mol. The third-order valence-electron chi connectivity index (χ3n) is 2.50. The third kappa shape index (κ3) is 4.95. The molecule has 0 saturated heterocycles.